The van der Waals surface area contributed by atoms with Gasteiger partial charge in [-0.25, -0.2) is 9.18 Å². The fourth-order valence-electron chi connectivity index (χ4n) is 2.86. The molecule has 0 unspecified atom stereocenters. The number of nitrogens with one attached hydrogen (secondary N) is 2. The molecular weight excluding hydrogens is 373 g/mol. The molecule has 1 aliphatic rings. The number of rotatable bonds is 4. The van der Waals surface area contributed by atoms with Crippen molar-refractivity contribution in [2.24, 2.45) is 0 Å². The van der Waals surface area contributed by atoms with Crippen molar-refractivity contribution < 1.29 is 18.7 Å². The standard InChI is InChI=1S/C19H19ClFN3O3/c1-24-10-18(25)22-9-17(24)12-3-6-15(7-4-12)23-19(26)27-11-13-2-5-14(20)8-16(13)21/h2-8,17H,9-11H2,1H3,(H,22,25)(H,23,26)/t17-/m1/s1. The van der Waals surface area contributed by atoms with Crippen molar-refractivity contribution in [1.82, 2.24) is 10.2 Å². The lowest BCUT2D eigenvalue weighted by atomic mass is 10.0. The van der Waals surface area contributed by atoms with E-state index < -0.39 is 11.9 Å². The van der Waals surface area contributed by atoms with E-state index in [1.54, 1.807) is 12.1 Å². The summed E-state index contributed by atoms with van der Waals surface area (Å²) in [6.45, 7) is 0.689. The fraction of sp³-hybridized carbons (Fsp3) is 0.263. The van der Waals surface area contributed by atoms with Crippen LogP contribution in [0.25, 0.3) is 0 Å². The molecule has 2 N–H and O–H groups in total. The van der Waals surface area contributed by atoms with Crippen molar-refractivity contribution in [1.29, 1.82) is 0 Å². The Morgan fingerprint density at radius 3 is 2.74 bits per heavy atom. The van der Waals surface area contributed by atoms with Gasteiger partial charge in [0.15, 0.2) is 0 Å². The van der Waals surface area contributed by atoms with E-state index in [9.17, 15) is 14.0 Å². The Labute approximate surface area is 161 Å². The van der Waals surface area contributed by atoms with Gasteiger partial charge in [0, 0.05) is 22.8 Å². The Kier molecular flexibility index (Phi) is 5.93. The van der Waals surface area contributed by atoms with Crippen molar-refractivity contribution in [3.05, 3.63) is 64.4 Å². The van der Waals surface area contributed by atoms with Gasteiger partial charge in [-0.3, -0.25) is 15.0 Å². The Balaban J connectivity index is 1.54. The number of piperazine rings is 1. The molecule has 27 heavy (non-hydrogen) atoms. The van der Waals surface area contributed by atoms with E-state index in [2.05, 4.69) is 10.6 Å². The Hall–Kier alpha value is -2.64. The van der Waals surface area contributed by atoms with Gasteiger partial charge in [0.1, 0.15) is 12.4 Å². The molecular formula is C19H19ClFN3O3. The van der Waals surface area contributed by atoms with E-state index in [0.717, 1.165) is 5.56 Å². The van der Waals surface area contributed by atoms with Gasteiger partial charge in [-0.15, -0.1) is 0 Å². The molecule has 6 nitrogen and oxygen atoms in total. The summed E-state index contributed by atoms with van der Waals surface area (Å²) in [5.41, 5.74) is 1.83. The first-order valence-corrected chi connectivity index (χ1v) is 8.75. The van der Waals surface area contributed by atoms with Gasteiger partial charge in [-0.1, -0.05) is 29.8 Å². The molecule has 2 amide bonds. The Morgan fingerprint density at radius 2 is 2.07 bits per heavy atom. The highest BCUT2D eigenvalue weighted by Gasteiger charge is 2.24. The summed E-state index contributed by atoms with van der Waals surface area (Å²) in [6.07, 6.45) is -0.681. The predicted molar refractivity (Wildman–Crippen MR) is 100 cm³/mol. The molecule has 1 atom stereocenters. The van der Waals surface area contributed by atoms with Crippen LogP contribution in [0.2, 0.25) is 5.02 Å². The highest BCUT2D eigenvalue weighted by molar-refractivity contribution is 6.30. The SMILES string of the molecule is CN1CC(=O)NC[C@@H]1c1ccc(NC(=O)OCc2ccc(Cl)cc2F)cc1. The van der Waals surface area contributed by atoms with Crippen LogP contribution in [0.5, 0.6) is 0 Å². The largest absolute Gasteiger partial charge is 0.444 e. The van der Waals surface area contributed by atoms with E-state index in [0.29, 0.717) is 18.8 Å². The lowest BCUT2D eigenvalue weighted by molar-refractivity contribution is -0.125. The lowest BCUT2D eigenvalue weighted by Gasteiger charge is -2.32. The second kappa shape index (κ2) is 8.37. The van der Waals surface area contributed by atoms with Crippen molar-refractivity contribution in [3.8, 4) is 0 Å². The van der Waals surface area contributed by atoms with Crippen molar-refractivity contribution in [2.75, 3.05) is 25.5 Å². The highest BCUT2D eigenvalue weighted by atomic mass is 35.5. The summed E-state index contributed by atoms with van der Waals surface area (Å²) in [4.78, 5) is 25.3. The van der Waals surface area contributed by atoms with Crippen LogP contribution in [0.1, 0.15) is 17.2 Å². The van der Waals surface area contributed by atoms with Crippen molar-refractivity contribution >= 4 is 29.3 Å². The van der Waals surface area contributed by atoms with Crippen LogP contribution in [0.15, 0.2) is 42.5 Å². The van der Waals surface area contributed by atoms with E-state index >= 15 is 0 Å². The predicted octanol–water partition coefficient (Wildman–Crippen LogP) is 3.33. The first-order chi connectivity index (χ1) is 12.9. The molecule has 2 aromatic rings. The van der Waals surface area contributed by atoms with E-state index in [1.807, 2.05) is 24.1 Å². The molecule has 0 aromatic heterocycles. The number of carbonyl (C=O) groups is 2. The minimum atomic E-state index is -0.681. The van der Waals surface area contributed by atoms with E-state index in [1.165, 1.54) is 18.2 Å². The molecule has 142 valence electrons. The number of likely N-dealkylation sites (N-methyl/N-ethyl adjacent to an activating group) is 1. The number of ether oxygens (including phenoxy) is 1. The number of halogens is 2. The first kappa shape index (κ1) is 19.1. The number of benzene rings is 2. The fourth-order valence-corrected chi connectivity index (χ4v) is 3.01. The monoisotopic (exact) mass is 391 g/mol. The smallest absolute Gasteiger partial charge is 0.411 e. The third kappa shape index (κ3) is 4.96. The van der Waals surface area contributed by atoms with Gasteiger partial charge < -0.3 is 10.1 Å². The molecule has 2 aromatic carbocycles. The van der Waals surface area contributed by atoms with Gasteiger partial charge in [-0.2, -0.15) is 0 Å². The molecule has 1 heterocycles. The van der Waals surface area contributed by atoms with Gasteiger partial charge >= 0.3 is 6.09 Å². The summed E-state index contributed by atoms with van der Waals surface area (Å²) in [5, 5.41) is 5.72. The van der Waals surface area contributed by atoms with E-state index in [4.69, 9.17) is 16.3 Å². The molecule has 1 saturated heterocycles. The Morgan fingerprint density at radius 1 is 1.33 bits per heavy atom. The maximum atomic E-state index is 13.7. The molecule has 0 radical (unpaired) electrons. The number of hydrogen-bond acceptors (Lipinski definition) is 4. The maximum absolute atomic E-state index is 13.7. The Bertz CT molecular complexity index is 845. The van der Waals surface area contributed by atoms with Crippen LogP contribution in [0.4, 0.5) is 14.9 Å². The summed E-state index contributed by atoms with van der Waals surface area (Å²) in [5.74, 6) is -0.518. The number of nitrogens with zero attached hydrogens (tertiary/aromatic N) is 1. The van der Waals surface area contributed by atoms with Crippen LogP contribution in [0.3, 0.4) is 0 Å². The van der Waals surface area contributed by atoms with Crippen LogP contribution in [0, 0.1) is 5.82 Å². The van der Waals surface area contributed by atoms with Crippen LogP contribution in [-0.4, -0.2) is 37.0 Å². The minimum Gasteiger partial charge on any atom is -0.444 e. The lowest BCUT2D eigenvalue weighted by Crippen LogP contribution is -2.47. The molecule has 0 aliphatic carbocycles. The van der Waals surface area contributed by atoms with Crippen LogP contribution < -0.4 is 10.6 Å². The minimum absolute atomic E-state index is 0.00639. The quantitative estimate of drug-likeness (QED) is 0.838. The van der Waals surface area contributed by atoms with Gasteiger partial charge in [0.25, 0.3) is 0 Å². The molecule has 0 bridgehead atoms. The number of hydrogen-bond donors (Lipinski definition) is 2. The zero-order valence-electron chi connectivity index (χ0n) is 14.7. The average Bonchev–Trinajstić information content (AvgIpc) is 2.62. The zero-order valence-corrected chi connectivity index (χ0v) is 15.4. The molecule has 8 heteroatoms. The maximum Gasteiger partial charge on any atom is 0.411 e. The molecule has 0 saturated carbocycles. The molecule has 0 spiro atoms. The molecule has 3 rings (SSSR count). The second-order valence-corrected chi connectivity index (χ2v) is 6.73. The summed E-state index contributed by atoms with van der Waals surface area (Å²) in [7, 11) is 1.89. The first-order valence-electron chi connectivity index (χ1n) is 8.37. The third-order valence-electron chi connectivity index (χ3n) is 4.33. The van der Waals surface area contributed by atoms with Gasteiger partial charge in [0.05, 0.1) is 12.6 Å². The van der Waals surface area contributed by atoms with Gasteiger partial charge in [-0.05, 0) is 36.9 Å². The normalized spacial score (nSPS) is 17.3. The second-order valence-electron chi connectivity index (χ2n) is 6.29. The van der Waals surface area contributed by atoms with E-state index in [-0.39, 0.29) is 29.1 Å². The molecule has 1 aliphatic heterocycles. The van der Waals surface area contributed by atoms with Crippen LogP contribution >= 0.6 is 11.6 Å². The van der Waals surface area contributed by atoms with Gasteiger partial charge in [0.2, 0.25) is 5.91 Å². The number of carbonyl (C=O) groups excluding carboxylic acids is 2. The molecule has 1 fully saturated rings. The topological polar surface area (TPSA) is 70.7 Å². The summed E-state index contributed by atoms with van der Waals surface area (Å²) in [6, 6.07) is 11.5. The van der Waals surface area contributed by atoms with Crippen molar-refractivity contribution in [3.63, 3.8) is 0 Å². The summed E-state index contributed by atoms with van der Waals surface area (Å²) >= 11 is 5.69. The number of amides is 2. The summed E-state index contributed by atoms with van der Waals surface area (Å²) < 4.78 is 18.7. The van der Waals surface area contributed by atoms with Crippen molar-refractivity contribution in [2.45, 2.75) is 12.6 Å². The number of anilines is 1. The highest BCUT2D eigenvalue weighted by Crippen LogP contribution is 2.22. The average molecular weight is 392 g/mol. The zero-order chi connectivity index (χ0) is 19.4. The third-order valence-corrected chi connectivity index (χ3v) is 4.57. The van der Waals surface area contributed by atoms with Crippen LogP contribution in [-0.2, 0) is 16.1 Å².